The number of anilines is 1. The summed E-state index contributed by atoms with van der Waals surface area (Å²) in [6.07, 6.45) is 1.38. The molecule has 3 aromatic rings. The van der Waals surface area contributed by atoms with Gasteiger partial charge in [0.15, 0.2) is 0 Å². The lowest BCUT2D eigenvalue weighted by molar-refractivity contribution is -0.119. The lowest BCUT2D eigenvalue weighted by Gasteiger charge is -2.26. The molecule has 0 aliphatic rings. The number of carbonyl (C=O) groups excluding carboxylic acids is 1. The fraction of sp³-hybridized carbons (Fsp3) is 0.269. The molecule has 0 aromatic heterocycles. The summed E-state index contributed by atoms with van der Waals surface area (Å²) < 4.78 is 44.2. The summed E-state index contributed by atoms with van der Waals surface area (Å²) in [5.74, 6) is 1.10. The van der Waals surface area contributed by atoms with E-state index in [0.717, 1.165) is 15.6 Å². The molecule has 1 amide bonds. The number of amides is 1. The van der Waals surface area contributed by atoms with E-state index in [4.69, 9.17) is 14.2 Å². The molecule has 0 fully saturated rings. The molecule has 0 saturated heterocycles. The zero-order chi connectivity index (χ0) is 25.3. The van der Waals surface area contributed by atoms with E-state index in [2.05, 4.69) is 5.32 Å². The molecule has 8 nitrogen and oxygen atoms in total. The molecule has 0 aliphatic heterocycles. The van der Waals surface area contributed by atoms with Gasteiger partial charge in [0.25, 0.3) is 10.0 Å². The summed E-state index contributed by atoms with van der Waals surface area (Å²) in [4.78, 5) is 12.9. The molecule has 9 heteroatoms. The van der Waals surface area contributed by atoms with E-state index in [9.17, 15) is 13.2 Å². The molecule has 0 atom stereocenters. The third-order valence-electron chi connectivity index (χ3n) is 5.41. The number of methoxy groups -OCH3 is 3. The highest BCUT2D eigenvalue weighted by Gasteiger charge is 2.29. The van der Waals surface area contributed by atoms with Crippen molar-refractivity contribution in [1.82, 2.24) is 5.32 Å². The Morgan fingerprint density at radius 1 is 0.857 bits per heavy atom. The molecule has 186 valence electrons. The monoisotopic (exact) mass is 498 g/mol. The first-order valence-corrected chi connectivity index (χ1v) is 12.5. The van der Waals surface area contributed by atoms with Gasteiger partial charge in [-0.25, -0.2) is 8.42 Å². The summed E-state index contributed by atoms with van der Waals surface area (Å²) in [6.45, 7) is -0.0409. The van der Waals surface area contributed by atoms with E-state index < -0.39 is 22.5 Å². The maximum Gasteiger partial charge on any atom is 0.264 e. The number of carbonyl (C=O) groups is 1. The summed E-state index contributed by atoms with van der Waals surface area (Å²) in [7, 11) is 0.475. The Hall–Kier alpha value is -3.72. The van der Waals surface area contributed by atoms with Crippen LogP contribution in [-0.2, 0) is 21.2 Å². The number of nitrogens with one attached hydrogen (secondary N) is 1. The van der Waals surface area contributed by atoms with Crippen molar-refractivity contribution in [3.8, 4) is 17.2 Å². The van der Waals surface area contributed by atoms with Gasteiger partial charge in [0.1, 0.15) is 23.8 Å². The molecule has 0 heterocycles. The second kappa shape index (κ2) is 12.1. The maximum atomic E-state index is 13.6. The van der Waals surface area contributed by atoms with Gasteiger partial charge in [0.05, 0.1) is 31.9 Å². The van der Waals surface area contributed by atoms with Crippen LogP contribution in [-0.4, -0.2) is 48.7 Å². The smallest absolute Gasteiger partial charge is 0.264 e. The van der Waals surface area contributed by atoms with Gasteiger partial charge in [-0.15, -0.1) is 0 Å². The van der Waals surface area contributed by atoms with Crippen LogP contribution in [0.5, 0.6) is 17.2 Å². The van der Waals surface area contributed by atoms with Gasteiger partial charge in [-0.1, -0.05) is 36.4 Å². The zero-order valence-corrected chi connectivity index (χ0v) is 20.9. The summed E-state index contributed by atoms with van der Waals surface area (Å²) >= 11 is 0. The van der Waals surface area contributed by atoms with Crippen LogP contribution >= 0.6 is 0 Å². The Balaban J connectivity index is 1.79. The summed E-state index contributed by atoms with van der Waals surface area (Å²) in [5.41, 5.74) is 1.25. The van der Waals surface area contributed by atoms with Crippen LogP contribution in [0.4, 0.5) is 5.69 Å². The minimum atomic E-state index is -4.07. The standard InChI is InChI=1S/C26H30N2O6S/c1-32-21-15-16-25(34-3)23(18-21)28(35(30,31)22-12-5-4-6-13-22)19-26(29)27-17-9-11-20-10-7-8-14-24(20)33-2/h4-8,10,12-16,18H,9,11,17,19H2,1-3H3,(H,27,29). The van der Waals surface area contributed by atoms with Crippen molar-refractivity contribution in [2.24, 2.45) is 0 Å². The van der Waals surface area contributed by atoms with Crippen molar-refractivity contribution in [1.29, 1.82) is 0 Å². The van der Waals surface area contributed by atoms with Crippen LogP contribution < -0.4 is 23.8 Å². The number of para-hydroxylation sites is 1. The van der Waals surface area contributed by atoms with E-state index in [1.807, 2.05) is 24.3 Å². The largest absolute Gasteiger partial charge is 0.497 e. The van der Waals surface area contributed by atoms with Crippen molar-refractivity contribution >= 4 is 21.6 Å². The van der Waals surface area contributed by atoms with Gasteiger partial charge in [0, 0.05) is 12.6 Å². The highest BCUT2D eigenvalue weighted by atomic mass is 32.2. The topological polar surface area (TPSA) is 94.2 Å². The van der Waals surface area contributed by atoms with Gasteiger partial charge < -0.3 is 19.5 Å². The van der Waals surface area contributed by atoms with Crippen LogP contribution in [0.15, 0.2) is 77.7 Å². The van der Waals surface area contributed by atoms with E-state index in [1.54, 1.807) is 37.4 Å². The average molecular weight is 499 g/mol. The zero-order valence-electron chi connectivity index (χ0n) is 20.1. The van der Waals surface area contributed by atoms with Crippen LogP contribution in [0.25, 0.3) is 0 Å². The van der Waals surface area contributed by atoms with Crippen molar-refractivity contribution < 1.29 is 27.4 Å². The van der Waals surface area contributed by atoms with Crippen molar-refractivity contribution in [2.75, 3.05) is 38.7 Å². The minimum Gasteiger partial charge on any atom is -0.497 e. The third kappa shape index (κ3) is 6.45. The highest BCUT2D eigenvalue weighted by molar-refractivity contribution is 7.92. The van der Waals surface area contributed by atoms with Crippen molar-refractivity contribution in [3.05, 3.63) is 78.4 Å². The Labute approximate surface area is 206 Å². The lowest BCUT2D eigenvalue weighted by Crippen LogP contribution is -2.41. The van der Waals surface area contributed by atoms with Gasteiger partial charge in [0.2, 0.25) is 5.91 Å². The molecule has 35 heavy (non-hydrogen) atoms. The SMILES string of the molecule is COc1ccc(OC)c(N(CC(=O)NCCCc2ccccc2OC)S(=O)(=O)c2ccccc2)c1. The maximum absolute atomic E-state index is 13.6. The van der Waals surface area contributed by atoms with Crippen LogP contribution in [0.1, 0.15) is 12.0 Å². The number of rotatable bonds is 12. The normalized spacial score (nSPS) is 10.9. The highest BCUT2D eigenvalue weighted by Crippen LogP contribution is 2.35. The van der Waals surface area contributed by atoms with E-state index >= 15 is 0 Å². The fourth-order valence-corrected chi connectivity index (χ4v) is 5.06. The summed E-state index contributed by atoms with van der Waals surface area (Å²) in [5, 5.41) is 2.82. The molecular formula is C26H30N2O6S. The molecule has 0 unspecified atom stereocenters. The lowest BCUT2D eigenvalue weighted by atomic mass is 10.1. The van der Waals surface area contributed by atoms with Gasteiger partial charge in [-0.3, -0.25) is 9.10 Å². The Bertz CT molecular complexity index is 1230. The number of ether oxygens (including phenoxy) is 3. The molecule has 0 radical (unpaired) electrons. The number of hydrogen-bond donors (Lipinski definition) is 1. The van der Waals surface area contributed by atoms with Crippen LogP contribution in [0.3, 0.4) is 0 Å². The number of aryl methyl sites for hydroxylation is 1. The molecule has 0 spiro atoms. The van der Waals surface area contributed by atoms with Crippen molar-refractivity contribution in [3.63, 3.8) is 0 Å². The first-order valence-electron chi connectivity index (χ1n) is 11.1. The molecule has 3 aromatic carbocycles. The Kier molecular flexibility index (Phi) is 8.97. The van der Waals surface area contributed by atoms with E-state index in [1.165, 1.54) is 32.4 Å². The van der Waals surface area contributed by atoms with Crippen LogP contribution in [0.2, 0.25) is 0 Å². The first-order chi connectivity index (χ1) is 16.9. The number of nitrogens with zero attached hydrogens (tertiary/aromatic N) is 1. The fourth-order valence-electron chi connectivity index (χ4n) is 3.61. The number of sulfonamides is 1. The quantitative estimate of drug-likeness (QED) is 0.383. The minimum absolute atomic E-state index is 0.0637. The van der Waals surface area contributed by atoms with Crippen LogP contribution in [0, 0.1) is 0 Å². The third-order valence-corrected chi connectivity index (χ3v) is 7.18. The van der Waals surface area contributed by atoms with Gasteiger partial charge >= 0.3 is 0 Å². The first kappa shape index (κ1) is 25.9. The predicted octanol–water partition coefficient (Wildman–Crippen LogP) is 3.66. The molecule has 0 saturated carbocycles. The van der Waals surface area contributed by atoms with Crippen molar-refractivity contribution in [2.45, 2.75) is 17.7 Å². The molecule has 0 aliphatic carbocycles. The second-order valence-corrected chi connectivity index (χ2v) is 9.49. The van der Waals surface area contributed by atoms with Gasteiger partial charge in [-0.2, -0.15) is 0 Å². The molecular weight excluding hydrogens is 468 g/mol. The second-order valence-electron chi connectivity index (χ2n) is 7.63. The van der Waals surface area contributed by atoms with E-state index in [-0.39, 0.29) is 10.6 Å². The predicted molar refractivity (Wildman–Crippen MR) is 135 cm³/mol. The Morgan fingerprint density at radius 3 is 2.23 bits per heavy atom. The van der Waals surface area contributed by atoms with Gasteiger partial charge in [-0.05, 0) is 48.7 Å². The van der Waals surface area contributed by atoms with E-state index in [0.29, 0.717) is 30.9 Å². The molecule has 1 N–H and O–H groups in total. The number of benzene rings is 3. The number of hydrogen-bond acceptors (Lipinski definition) is 6. The molecule has 0 bridgehead atoms. The Morgan fingerprint density at radius 2 is 1.54 bits per heavy atom. The molecule has 3 rings (SSSR count). The average Bonchev–Trinajstić information content (AvgIpc) is 2.90. The summed E-state index contributed by atoms with van der Waals surface area (Å²) in [6, 6.07) is 20.5.